The number of carboxylic acid groups (broad SMARTS) is 1. The van der Waals surface area contributed by atoms with E-state index < -0.39 is 12.1 Å². The number of nitrogens with one attached hydrogen (secondary N) is 1. The van der Waals surface area contributed by atoms with E-state index in [0.29, 0.717) is 16.8 Å². The Morgan fingerprint density at radius 1 is 1.39 bits per heavy atom. The first-order valence-electron chi connectivity index (χ1n) is 5.35. The van der Waals surface area contributed by atoms with Gasteiger partial charge in [0.1, 0.15) is 6.61 Å². The molecule has 0 atom stereocenters. The Bertz CT molecular complexity index is 494. The summed E-state index contributed by atoms with van der Waals surface area (Å²) in [6, 6.07) is 3.12. The van der Waals surface area contributed by atoms with Crippen molar-refractivity contribution >= 4 is 17.7 Å². The predicted octanol–water partition coefficient (Wildman–Crippen LogP) is 2.74. The van der Waals surface area contributed by atoms with Crippen molar-refractivity contribution in [2.45, 2.75) is 13.8 Å². The molecule has 0 aliphatic heterocycles. The summed E-state index contributed by atoms with van der Waals surface area (Å²) in [4.78, 5) is 22.3. The van der Waals surface area contributed by atoms with Gasteiger partial charge >= 0.3 is 12.1 Å². The number of carbonyl (C=O) groups is 2. The number of benzene rings is 1. The van der Waals surface area contributed by atoms with E-state index in [4.69, 9.17) is 9.84 Å². The van der Waals surface area contributed by atoms with E-state index in [0.717, 1.165) is 0 Å². The van der Waals surface area contributed by atoms with E-state index >= 15 is 0 Å². The fraction of sp³-hybridized carbons (Fsp3) is 0.231. The van der Waals surface area contributed by atoms with Gasteiger partial charge in [0.2, 0.25) is 0 Å². The van der Waals surface area contributed by atoms with Gasteiger partial charge in [-0.25, -0.2) is 9.59 Å². The van der Waals surface area contributed by atoms with E-state index in [1.165, 1.54) is 12.1 Å². The number of hydrogen-bond acceptors (Lipinski definition) is 3. The highest BCUT2D eigenvalue weighted by Gasteiger charge is 2.12. The zero-order valence-electron chi connectivity index (χ0n) is 10.3. The molecule has 1 amide bonds. The molecule has 0 aliphatic rings. The third-order valence-electron chi connectivity index (χ3n) is 2.37. The molecule has 5 nitrogen and oxygen atoms in total. The topological polar surface area (TPSA) is 75.6 Å². The van der Waals surface area contributed by atoms with Crippen LogP contribution in [0.4, 0.5) is 10.5 Å². The van der Waals surface area contributed by atoms with Crippen LogP contribution in [0.25, 0.3) is 0 Å². The Morgan fingerprint density at radius 3 is 2.61 bits per heavy atom. The quantitative estimate of drug-likeness (QED) is 0.804. The Morgan fingerprint density at radius 2 is 2.06 bits per heavy atom. The van der Waals surface area contributed by atoms with Gasteiger partial charge in [-0.05, 0) is 37.1 Å². The van der Waals surface area contributed by atoms with E-state index in [1.54, 1.807) is 19.9 Å². The maximum absolute atomic E-state index is 11.4. The van der Waals surface area contributed by atoms with E-state index in [2.05, 4.69) is 11.9 Å². The highest BCUT2D eigenvalue weighted by Crippen LogP contribution is 2.20. The molecule has 1 rings (SSSR count). The Labute approximate surface area is 105 Å². The third kappa shape index (κ3) is 3.35. The highest BCUT2D eigenvalue weighted by molar-refractivity contribution is 5.92. The standard InChI is InChI=1S/C13H15NO4/c1-4-5-18-13(17)14-11-7-8(2)10(12(15)16)6-9(11)3/h4,6-7H,1,5H2,2-3H3,(H,14,17)(H,15,16). The normalized spacial score (nSPS) is 9.67. The molecule has 0 aromatic heterocycles. The fourth-order valence-corrected chi connectivity index (χ4v) is 1.46. The van der Waals surface area contributed by atoms with Crippen LogP contribution in [0.15, 0.2) is 24.8 Å². The summed E-state index contributed by atoms with van der Waals surface area (Å²) in [6.07, 6.45) is 0.867. The highest BCUT2D eigenvalue weighted by atomic mass is 16.5. The maximum Gasteiger partial charge on any atom is 0.411 e. The van der Waals surface area contributed by atoms with Crippen LogP contribution in [0.3, 0.4) is 0 Å². The molecule has 0 radical (unpaired) electrons. The van der Waals surface area contributed by atoms with Crippen molar-refractivity contribution in [2.75, 3.05) is 11.9 Å². The number of carbonyl (C=O) groups excluding carboxylic acids is 1. The molecular weight excluding hydrogens is 234 g/mol. The number of anilines is 1. The van der Waals surface area contributed by atoms with Crippen molar-refractivity contribution in [2.24, 2.45) is 0 Å². The first kappa shape index (κ1) is 13.8. The lowest BCUT2D eigenvalue weighted by molar-refractivity contribution is 0.0696. The smallest absolute Gasteiger partial charge is 0.411 e. The van der Waals surface area contributed by atoms with E-state index in [1.807, 2.05) is 0 Å². The van der Waals surface area contributed by atoms with Gasteiger partial charge in [0.25, 0.3) is 0 Å². The van der Waals surface area contributed by atoms with Crippen LogP contribution in [0.5, 0.6) is 0 Å². The average molecular weight is 249 g/mol. The van der Waals surface area contributed by atoms with Gasteiger partial charge in [0.05, 0.1) is 5.56 Å². The molecule has 0 bridgehead atoms. The molecule has 0 unspecified atom stereocenters. The van der Waals surface area contributed by atoms with Gasteiger partial charge in [-0.3, -0.25) is 5.32 Å². The van der Waals surface area contributed by atoms with Crippen molar-refractivity contribution in [1.29, 1.82) is 0 Å². The summed E-state index contributed by atoms with van der Waals surface area (Å²) in [5.41, 5.74) is 1.99. The minimum absolute atomic E-state index is 0.122. The molecule has 0 fully saturated rings. The molecule has 5 heteroatoms. The Kier molecular flexibility index (Phi) is 4.48. The summed E-state index contributed by atoms with van der Waals surface area (Å²) < 4.78 is 4.78. The van der Waals surface area contributed by atoms with Gasteiger partial charge in [0, 0.05) is 5.69 Å². The minimum Gasteiger partial charge on any atom is -0.478 e. The Balaban J connectivity index is 2.91. The number of aryl methyl sites for hydroxylation is 2. The SMILES string of the molecule is C=CCOC(=O)Nc1cc(C)c(C(=O)O)cc1C. The van der Waals surface area contributed by atoms with Crippen LogP contribution in [0.2, 0.25) is 0 Å². The lowest BCUT2D eigenvalue weighted by atomic mass is 10.0. The second-order valence-electron chi connectivity index (χ2n) is 3.80. The maximum atomic E-state index is 11.4. The van der Waals surface area contributed by atoms with E-state index in [-0.39, 0.29) is 12.2 Å². The summed E-state index contributed by atoms with van der Waals surface area (Å²) in [5, 5.41) is 11.5. The zero-order chi connectivity index (χ0) is 13.7. The average Bonchev–Trinajstić information content (AvgIpc) is 2.30. The molecule has 96 valence electrons. The van der Waals surface area contributed by atoms with Crippen LogP contribution >= 0.6 is 0 Å². The van der Waals surface area contributed by atoms with Gasteiger partial charge in [-0.15, -0.1) is 0 Å². The molecule has 2 N–H and O–H groups in total. The van der Waals surface area contributed by atoms with Crippen molar-refractivity contribution in [3.05, 3.63) is 41.5 Å². The van der Waals surface area contributed by atoms with E-state index in [9.17, 15) is 9.59 Å². The largest absolute Gasteiger partial charge is 0.478 e. The monoisotopic (exact) mass is 249 g/mol. The minimum atomic E-state index is -0.989. The molecule has 1 aromatic carbocycles. The fourth-order valence-electron chi connectivity index (χ4n) is 1.46. The summed E-state index contributed by atoms with van der Waals surface area (Å²) >= 11 is 0. The van der Waals surface area contributed by atoms with Crippen molar-refractivity contribution in [3.63, 3.8) is 0 Å². The molecule has 0 saturated heterocycles. The second-order valence-corrected chi connectivity index (χ2v) is 3.80. The van der Waals surface area contributed by atoms with Gasteiger partial charge in [-0.2, -0.15) is 0 Å². The lowest BCUT2D eigenvalue weighted by Gasteiger charge is -2.11. The summed E-state index contributed by atoms with van der Waals surface area (Å²) in [7, 11) is 0. The number of rotatable bonds is 4. The van der Waals surface area contributed by atoms with Crippen LogP contribution in [-0.2, 0) is 4.74 Å². The molecule has 1 aromatic rings. The van der Waals surface area contributed by atoms with Crippen molar-refractivity contribution in [3.8, 4) is 0 Å². The van der Waals surface area contributed by atoms with Crippen LogP contribution < -0.4 is 5.32 Å². The van der Waals surface area contributed by atoms with Crippen molar-refractivity contribution in [1.82, 2.24) is 0 Å². The predicted molar refractivity (Wildman–Crippen MR) is 68.0 cm³/mol. The van der Waals surface area contributed by atoms with Crippen LogP contribution in [-0.4, -0.2) is 23.8 Å². The van der Waals surface area contributed by atoms with Gasteiger partial charge in [-0.1, -0.05) is 12.7 Å². The first-order chi connectivity index (χ1) is 8.45. The third-order valence-corrected chi connectivity index (χ3v) is 2.37. The number of amides is 1. The molecule has 0 aliphatic carbocycles. The first-order valence-corrected chi connectivity index (χ1v) is 5.35. The number of carboxylic acids is 1. The molecular formula is C13H15NO4. The van der Waals surface area contributed by atoms with Crippen LogP contribution in [0, 0.1) is 13.8 Å². The van der Waals surface area contributed by atoms with Gasteiger partial charge < -0.3 is 9.84 Å². The van der Waals surface area contributed by atoms with Crippen LogP contribution in [0.1, 0.15) is 21.5 Å². The number of aromatic carboxylic acids is 1. The molecule has 0 spiro atoms. The Hall–Kier alpha value is -2.30. The molecule has 0 heterocycles. The zero-order valence-corrected chi connectivity index (χ0v) is 10.3. The number of hydrogen-bond donors (Lipinski definition) is 2. The number of ether oxygens (including phenoxy) is 1. The van der Waals surface area contributed by atoms with Crippen molar-refractivity contribution < 1.29 is 19.4 Å². The summed E-state index contributed by atoms with van der Waals surface area (Å²) in [6.45, 7) is 6.94. The summed E-state index contributed by atoms with van der Waals surface area (Å²) in [5.74, 6) is -0.989. The lowest BCUT2D eigenvalue weighted by Crippen LogP contribution is -2.15. The molecule has 18 heavy (non-hydrogen) atoms. The van der Waals surface area contributed by atoms with Gasteiger partial charge in [0.15, 0.2) is 0 Å². The second kappa shape index (κ2) is 5.86. The molecule has 0 saturated carbocycles.